The van der Waals surface area contributed by atoms with Crippen LogP contribution in [-0.2, 0) is 13.6 Å². The first kappa shape index (κ1) is 13.9. The number of amides is 1. The zero-order valence-corrected chi connectivity index (χ0v) is 12.4. The van der Waals surface area contributed by atoms with E-state index in [1.165, 1.54) is 5.56 Å². The Labute approximate surface area is 125 Å². The second-order valence-electron chi connectivity index (χ2n) is 5.56. The molecule has 0 saturated carbocycles. The number of rotatable bonds is 3. The molecule has 1 aromatic carbocycles. The van der Waals surface area contributed by atoms with Crippen LogP contribution in [0.15, 0.2) is 48.7 Å². The average Bonchev–Trinajstić information content (AvgIpc) is 2.94. The molecule has 0 N–H and O–H groups in total. The van der Waals surface area contributed by atoms with Gasteiger partial charge in [-0.2, -0.15) is 0 Å². The van der Waals surface area contributed by atoms with E-state index in [1.54, 1.807) is 0 Å². The summed E-state index contributed by atoms with van der Waals surface area (Å²) in [6.45, 7) is 4.44. The lowest BCUT2D eigenvalue weighted by Crippen LogP contribution is -2.48. The third-order valence-electron chi connectivity index (χ3n) is 4.07. The van der Waals surface area contributed by atoms with Gasteiger partial charge >= 0.3 is 0 Å². The second-order valence-corrected chi connectivity index (χ2v) is 5.56. The van der Waals surface area contributed by atoms with Gasteiger partial charge in [-0.25, -0.2) is 0 Å². The number of aryl methyl sites for hydroxylation is 1. The largest absolute Gasteiger partial charge is 0.347 e. The Morgan fingerprint density at radius 3 is 2.33 bits per heavy atom. The van der Waals surface area contributed by atoms with Crippen molar-refractivity contribution in [2.75, 3.05) is 26.2 Å². The fourth-order valence-corrected chi connectivity index (χ4v) is 2.80. The number of carbonyl (C=O) groups excluding carboxylic acids is 1. The molecular formula is C17H21N3O. The quantitative estimate of drug-likeness (QED) is 0.862. The SMILES string of the molecule is Cn1cccc1C(=O)N1CCN(Cc2ccccc2)CC1. The molecule has 2 aromatic rings. The van der Waals surface area contributed by atoms with Gasteiger partial charge in [-0.15, -0.1) is 0 Å². The Morgan fingerprint density at radius 1 is 1.00 bits per heavy atom. The van der Waals surface area contributed by atoms with Crippen molar-refractivity contribution in [1.82, 2.24) is 14.4 Å². The van der Waals surface area contributed by atoms with Gasteiger partial charge in [-0.05, 0) is 17.7 Å². The van der Waals surface area contributed by atoms with E-state index >= 15 is 0 Å². The lowest BCUT2D eigenvalue weighted by Gasteiger charge is -2.34. The van der Waals surface area contributed by atoms with Crippen LogP contribution in [0.25, 0.3) is 0 Å². The zero-order valence-electron chi connectivity index (χ0n) is 12.4. The molecule has 0 spiro atoms. The first-order chi connectivity index (χ1) is 10.2. The van der Waals surface area contributed by atoms with Crippen LogP contribution in [0.1, 0.15) is 16.1 Å². The van der Waals surface area contributed by atoms with E-state index in [4.69, 9.17) is 0 Å². The maximum absolute atomic E-state index is 12.4. The highest BCUT2D eigenvalue weighted by atomic mass is 16.2. The Morgan fingerprint density at radius 2 is 1.71 bits per heavy atom. The van der Waals surface area contributed by atoms with Gasteiger partial charge in [0.05, 0.1) is 0 Å². The third-order valence-corrected chi connectivity index (χ3v) is 4.07. The number of benzene rings is 1. The summed E-state index contributed by atoms with van der Waals surface area (Å²) in [6, 6.07) is 14.3. The molecule has 0 atom stereocenters. The standard InChI is InChI=1S/C17H21N3O/c1-18-9-5-8-16(18)17(21)20-12-10-19(11-13-20)14-15-6-3-2-4-7-15/h2-9H,10-14H2,1H3. The molecule has 0 aliphatic carbocycles. The lowest BCUT2D eigenvalue weighted by atomic mass is 10.2. The van der Waals surface area contributed by atoms with E-state index in [2.05, 4.69) is 29.2 Å². The monoisotopic (exact) mass is 283 g/mol. The number of hydrogen-bond acceptors (Lipinski definition) is 2. The first-order valence-corrected chi connectivity index (χ1v) is 7.41. The summed E-state index contributed by atoms with van der Waals surface area (Å²) >= 11 is 0. The number of carbonyl (C=O) groups is 1. The second kappa shape index (κ2) is 6.14. The first-order valence-electron chi connectivity index (χ1n) is 7.41. The Kier molecular flexibility index (Phi) is 4.06. The van der Waals surface area contributed by atoms with Crippen molar-refractivity contribution < 1.29 is 4.79 Å². The molecule has 3 rings (SSSR count). The molecule has 0 radical (unpaired) electrons. The Bertz CT molecular complexity index is 598. The van der Waals surface area contributed by atoms with Crippen LogP contribution >= 0.6 is 0 Å². The van der Waals surface area contributed by atoms with Gasteiger partial charge in [0.15, 0.2) is 0 Å². The smallest absolute Gasteiger partial charge is 0.270 e. The molecule has 4 nitrogen and oxygen atoms in total. The number of hydrogen-bond donors (Lipinski definition) is 0. The van der Waals surface area contributed by atoms with Crippen molar-refractivity contribution in [2.45, 2.75) is 6.54 Å². The molecule has 1 fully saturated rings. The summed E-state index contributed by atoms with van der Waals surface area (Å²) in [6.07, 6.45) is 1.92. The highest BCUT2D eigenvalue weighted by Gasteiger charge is 2.23. The van der Waals surface area contributed by atoms with Crippen molar-refractivity contribution in [3.63, 3.8) is 0 Å². The van der Waals surface area contributed by atoms with Crippen LogP contribution in [0.3, 0.4) is 0 Å². The normalized spacial score (nSPS) is 16.1. The van der Waals surface area contributed by atoms with Crippen molar-refractivity contribution in [3.8, 4) is 0 Å². The minimum Gasteiger partial charge on any atom is -0.347 e. The van der Waals surface area contributed by atoms with Gasteiger partial charge in [0.2, 0.25) is 0 Å². The van der Waals surface area contributed by atoms with Crippen LogP contribution in [0.2, 0.25) is 0 Å². The van der Waals surface area contributed by atoms with Gasteiger partial charge in [-0.1, -0.05) is 30.3 Å². The highest BCUT2D eigenvalue weighted by Crippen LogP contribution is 2.11. The molecule has 0 bridgehead atoms. The van der Waals surface area contributed by atoms with Crippen LogP contribution in [0, 0.1) is 0 Å². The molecular weight excluding hydrogens is 262 g/mol. The third kappa shape index (κ3) is 3.16. The van der Waals surface area contributed by atoms with E-state index in [0.29, 0.717) is 0 Å². The molecule has 1 saturated heterocycles. The van der Waals surface area contributed by atoms with E-state index in [9.17, 15) is 4.79 Å². The Hall–Kier alpha value is -2.07. The van der Waals surface area contributed by atoms with Gasteiger partial charge in [0, 0.05) is 46.0 Å². The summed E-state index contributed by atoms with van der Waals surface area (Å²) in [5, 5.41) is 0. The van der Waals surface area contributed by atoms with Crippen molar-refractivity contribution in [1.29, 1.82) is 0 Å². The number of piperazine rings is 1. The highest BCUT2D eigenvalue weighted by molar-refractivity contribution is 5.92. The number of nitrogens with zero attached hydrogens (tertiary/aromatic N) is 3. The molecule has 1 aliphatic heterocycles. The molecule has 1 aromatic heterocycles. The average molecular weight is 283 g/mol. The van der Waals surface area contributed by atoms with Crippen molar-refractivity contribution in [3.05, 3.63) is 59.9 Å². The fourth-order valence-electron chi connectivity index (χ4n) is 2.80. The van der Waals surface area contributed by atoms with E-state index in [-0.39, 0.29) is 5.91 Å². The summed E-state index contributed by atoms with van der Waals surface area (Å²) in [5.41, 5.74) is 2.10. The van der Waals surface area contributed by atoms with E-state index < -0.39 is 0 Å². The zero-order chi connectivity index (χ0) is 14.7. The molecule has 4 heteroatoms. The van der Waals surface area contributed by atoms with Crippen LogP contribution in [-0.4, -0.2) is 46.5 Å². The summed E-state index contributed by atoms with van der Waals surface area (Å²) < 4.78 is 1.89. The molecule has 2 heterocycles. The molecule has 1 aliphatic rings. The summed E-state index contributed by atoms with van der Waals surface area (Å²) in [4.78, 5) is 16.8. The van der Waals surface area contributed by atoms with Gasteiger partial charge in [0.25, 0.3) is 5.91 Å². The van der Waals surface area contributed by atoms with Gasteiger partial charge in [0.1, 0.15) is 5.69 Å². The lowest BCUT2D eigenvalue weighted by molar-refractivity contribution is 0.0619. The number of aromatic nitrogens is 1. The van der Waals surface area contributed by atoms with Crippen molar-refractivity contribution >= 4 is 5.91 Å². The molecule has 110 valence electrons. The van der Waals surface area contributed by atoms with E-state index in [0.717, 1.165) is 38.4 Å². The predicted molar refractivity (Wildman–Crippen MR) is 83.0 cm³/mol. The van der Waals surface area contributed by atoms with Crippen molar-refractivity contribution in [2.24, 2.45) is 7.05 Å². The Balaban J connectivity index is 1.56. The minimum atomic E-state index is 0.141. The van der Waals surface area contributed by atoms with Gasteiger partial charge in [-0.3, -0.25) is 9.69 Å². The molecule has 1 amide bonds. The molecule has 0 unspecified atom stereocenters. The summed E-state index contributed by atoms with van der Waals surface area (Å²) in [5.74, 6) is 0.141. The maximum Gasteiger partial charge on any atom is 0.270 e. The minimum absolute atomic E-state index is 0.141. The summed E-state index contributed by atoms with van der Waals surface area (Å²) in [7, 11) is 1.92. The topological polar surface area (TPSA) is 28.5 Å². The molecule has 21 heavy (non-hydrogen) atoms. The predicted octanol–water partition coefficient (Wildman–Crippen LogP) is 1.98. The maximum atomic E-state index is 12.4. The fraction of sp³-hybridized carbons (Fsp3) is 0.353. The van der Waals surface area contributed by atoms with Crippen LogP contribution in [0.4, 0.5) is 0 Å². The van der Waals surface area contributed by atoms with Crippen LogP contribution in [0.5, 0.6) is 0 Å². The van der Waals surface area contributed by atoms with E-state index in [1.807, 2.05) is 40.9 Å². The van der Waals surface area contributed by atoms with Gasteiger partial charge < -0.3 is 9.47 Å². The van der Waals surface area contributed by atoms with Crippen LogP contribution < -0.4 is 0 Å².